The molecule has 1 aromatic carbocycles. The van der Waals surface area contributed by atoms with Crippen molar-refractivity contribution in [3.8, 4) is 0 Å². The summed E-state index contributed by atoms with van der Waals surface area (Å²) < 4.78 is 18.9. The summed E-state index contributed by atoms with van der Waals surface area (Å²) in [6.45, 7) is 2.00. The van der Waals surface area contributed by atoms with Crippen molar-refractivity contribution in [2.45, 2.75) is 13.3 Å². The van der Waals surface area contributed by atoms with Crippen molar-refractivity contribution < 1.29 is 13.7 Å². The van der Waals surface area contributed by atoms with Gasteiger partial charge in [-0.05, 0) is 18.2 Å². The first-order valence-electron chi connectivity index (χ1n) is 5.58. The van der Waals surface area contributed by atoms with E-state index in [1.807, 2.05) is 0 Å². The summed E-state index contributed by atoms with van der Waals surface area (Å²) in [5.74, 6) is -0.0538. The Bertz CT molecular complexity index is 600. The Morgan fingerprint density at radius 2 is 2.32 bits per heavy atom. The molecular weight excluding hydrogens is 317 g/mol. The molecule has 0 aliphatic carbocycles. The second kappa shape index (κ2) is 5.92. The largest absolute Gasteiger partial charge is 0.351 e. The minimum Gasteiger partial charge on any atom is -0.351 e. The van der Waals surface area contributed by atoms with Gasteiger partial charge in [0.1, 0.15) is 5.82 Å². The summed E-state index contributed by atoms with van der Waals surface area (Å²) in [6.07, 6.45) is 0.432. The summed E-state index contributed by atoms with van der Waals surface area (Å²) >= 11 is 3.13. The summed E-state index contributed by atoms with van der Waals surface area (Å²) in [5, 5.41) is 6.30. The topological polar surface area (TPSA) is 68.0 Å². The highest BCUT2D eigenvalue weighted by Gasteiger charge is 2.11. The maximum atomic E-state index is 13.5. The van der Waals surface area contributed by atoms with Crippen LogP contribution in [0.2, 0.25) is 0 Å². The van der Waals surface area contributed by atoms with E-state index in [1.54, 1.807) is 13.0 Å². The smallest absolute Gasteiger partial charge is 0.254 e. The number of aryl methyl sites for hydroxylation is 1. The Labute approximate surface area is 117 Å². The Kier molecular flexibility index (Phi) is 4.26. The Morgan fingerprint density at radius 1 is 1.53 bits per heavy atom. The molecule has 0 radical (unpaired) electrons. The number of benzene rings is 1. The first-order valence-corrected chi connectivity index (χ1v) is 6.38. The molecule has 0 spiro atoms. The van der Waals surface area contributed by atoms with Gasteiger partial charge in [-0.15, -0.1) is 0 Å². The van der Waals surface area contributed by atoms with E-state index in [4.69, 9.17) is 4.52 Å². The molecule has 0 atom stereocenters. The monoisotopic (exact) mass is 327 g/mol. The quantitative estimate of drug-likeness (QED) is 0.935. The lowest BCUT2D eigenvalue weighted by atomic mass is 10.2. The number of hydrogen-bond acceptors (Lipinski definition) is 4. The van der Waals surface area contributed by atoms with Crippen molar-refractivity contribution in [2.75, 3.05) is 6.54 Å². The number of aromatic nitrogens is 2. The maximum absolute atomic E-state index is 13.5. The second-order valence-electron chi connectivity index (χ2n) is 3.86. The zero-order chi connectivity index (χ0) is 13.8. The van der Waals surface area contributed by atoms with Crippen LogP contribution in [0.4, 0.5) is 4.39 Å². The minimum absolute atomic E-state index is 0.00694. The third-order valence-electron chi connectivity index (χ3n) is 2.38. The van der Waals surface area contributed by atoms with Crippen LogP contribution in [0.1, 0.15) is 22.1 Å². The van der Waals surface area contributed by atoms with Gasteiger partial charge < -0.3 is 9.84 Å². The van der Waals surface area contributed by atoms with Gasteiger partial charge in [-0.2, -0.15) is 4.98 Å². The van der Waals surface area contributed by atoms with Gasteiger partial charge in [0, 0.05) is 24.4 Å². The number of nitrogens with zero attached hydrogens (tertiary/aromatic N) is 2. The molecule has 2 aromatic rings. The average molecular weight is 328 g/mol. The molecule has 7 heteroatoms. The van der Waals surface area contributed by atoms with Crippen molar-refractivity contribution in [1.29, 1.82) is 0 Å². The third-order valence-corrected chi connectivity index (χ3v) is 2.87. The van der Waals surface area contributed by atoms with Crippen LogP contribution >= 0.6 is 15.9 Å². The lowest BCUT2D eigenvalue weighted by Gasteiger charge is -2.05. The van der Waals surface area contributed by atoms with E-state index in [0.29, 0.717) is 29.2 Å². The normalized spacial score (nSPS) is 10.5. The minimum atomic E-state index is -0.567. The van der Waals surface area contributed by atoms with Gasteiger partial charge in [0.25, 0.3) is 5.91 Å². The number of carbonyl (C=O) groups excluding carboxylic acids is 1. The number of amides is 1. The predicted molar refractivity (Wildman–Crippen MR) is 69.2 cm³/mol. The number of carbonyl (C=O) groups is 1. The third kappa shape index (κ3) is 3.60. The Morgan fingerprint density at radius 3 is 2.95 bits per heavy atom. The summed E-state index contributed by atoms with van der Waals surface area (Å²) in [6, 6.07) is 4.28. The molecule has 0 saturated heterocycles. The molecular formula is C12H11BrFN3O2. The van der Waals surface area contributed by atoms with E-state index in [2.05, 4.69) is 31.4 Å². The van der Waals surface area contributed by atoms with Gasteiger partial charge in [0.05, 0.1) is 5.56 Å². The molecule has 0 aliphatic heterocycles. The van der Waals surface area contributed by atoms with Crippen molar-refractivity contribution in [3.05, 3.63) is 45.8 Å². The molecule has 0 saturated carbocycles. The standard InChI is InChI=1S/C12H11BrFN3O2/c1-7-16-11(17-19-7)4-5-15-12(18)9-3-2-8(13)6-10(9)14/h2-3,6H,4-5H2,1H3,(H,15,18). The first-order chi connectivity index (χ1) is 9.06. The molecule has 5 nitrogen and oxygen atoms in total. The van der Waals surface area contributed by atoms with E-state index < -0.39 is 11.7 Å². The van der Waals surface area contributed by atoms with Crippen LogP contribution in [0.3, 0.4) is 0 Å². The summed E-state index contributed by atoms with van der Waals surface area (Å²) in [7, 11) is 0. The zero-order valence-electron chi connectivity index (χ0n) is 10.1. The molecule has 0 fully saturated rings. The summed E-state index contributed by atoms with van der Waals surface area (Å²) in [4.78, 5) is 15.7. The van der Waals surface area contributed by atoms with Crippen LogP contribution in [0.5, 0.6) is 0 Å². The van der Waals surface area contributed by atoms with Gasteiger partial charge in [0.2, 0.25) is 5.89 Å². The van der Waals surface area contributed by atoms with E-state index in [1.165, 1.54) is 12.1 Å². The number of nitrogens with one attached hydrogen (secondary N) is 1. The lowest BCUT2D eigenvalue weighted by Crippen LogP contribution is -2.26. The van der Waals surface area contributed by atoms with E-state index in [-0.39, 0.29) is 5.56 Å². The van der Waals surface area contributed by atoms with Crippen molar-refractivity contribution in [3.63, 3.8) is 0 Å². The molecule has 2 rings (SSSR count). The molecule has 1 amide bonds. The van der Waals surface area contributed by atoms with E-state index in [0.717, 1.165) is 0 Å². The number of rotatable bonds is 4. The van der Waals surface area contributed by atoms with E-state index in [9.17, 15) is 9.18 Å². The zero-order valence-corrected chi connectivity index (χ0v) is 11.7. The molecule has 1 heterocycles. The maximum Gasteiger partial charge on any atom is 0.254 e. The second-order valence-corrected chi connectivity index (χ2v) is 4.78. The number of hydrogen-bond donors (Lipinski definition) is 1. The molecule has 0 aliphatic rings. The molecule has 1 N–H and O–H groups in total. The van der Waals surface area contributed by atoms with Crippen molar-refractivity contribution >= 4 is 21.8 Å². The predicted octanol–water partition coefficient (Wildman–Crippen LogP) is 2.25. The highest BCUT2D eigenvalue weighted by Crippen LogP contribution is 2.15. The van der Waals surface area contributed by atoms with Crippen molar-refractivity contribution in [1.82, 2.24) is 15.5 Å². The molecule has 0 unspecified atom stereocenters. The highest BCUT2D eigenvalue weighted by molar-refractivity contribution is 9.10. The van der Waals surface area contributed by atoms with Crippen LogP contribution in [0.25, 0.3) is 0 Å². The molecule has 1 aromatic heterocycles. The lowest BCUT2D eigenvalue weighted by molar-refractivity contribution is 0.0950. The SMILES string of the molecule is Cc1nc(CCNC(=O)c2ccc(Br)cc2F)no1. The van der Waals surface area contributed by atoms with Gasteiger partial charge in [-0.25, -0.2) is 4.39 Å². The van der Waals surface area contributed by atoms with Gasteiger partial charge >= 0.3 is 0 Å². The highest BCUT2D eigenvalue weighted by atomic mass is 79.9. The Hall–Kier alpha value is -1.76. The number of halogens is 2. The van der Waals surface area contributed by atoms with Crippen LogP contribution in [0.15, 0.2) is 27.2 Å². The Balaban J connectivity index is 1.90. The van der Waals surface area contributed by atoms with Gasteiger partial charge in [0.15, 0.2) is 5.82 Å². The fourth-order valence-corrected chi connectivity index (χ4v) is 1.83. The van der Waals surface area contributed by atoms with Gasteiger partial charge in [-0.3, -0.25) is 4.79 Å². The van der Waals surface area contributed by atoms with Crippen LogP contribution in [-0.2, 0) is 6.42 Å². The average Bonchev–Trinajstić information content (AvgIpc) is 2.75. The van der Waals surface area contributed by atoms with Crippen LogP contribution in [0, 0.1) is 12.7 Å². The molecule has 0 bridgehead atoms. The molecule has 100 valence electrons. The van der Waals surface area contributed by atoms with Crippen molar-refractivity contribution in [2.24, 2.45) is 0 Å². The van der Waals surface area contributed by atoms with E-state index >= 15 is 0 Å². The van der Waals surface area contributed by atoms with Crippen LogP contribution in [-0.4, -0.2) is 22.6 Å². The summed E-state index contributed by atoms with van der Waals surface area (Å²) in [5.41, 5.74) is 0.00694. The van der Waals surface area contributed by atoms with Gasteiger partial charge in [-0.1, -0.05) is 21.1 Å². The first kappa shape index (κ1) is 13.7. The fourth-order valence-electron chi connectivity index (χ4n) is 1.50. The molecule has 19 heavy (non-hydrogen) atoms. The fraction of sp³-hybridized carbons (Fsp3) is 0.250. The van der Waals surface area contributed by atoms with Crippen LogP contribution < -0.4 is 5.32 Å².